The van der Waals surface area contributed by atoms with Crippen LogP contribution in [0.15, 0.2) is 42.6 Å². The second-order valence-corrected chi connectivity index (χ2v) is 3.74. The van der Waals surface area contributed by atoms with Gasteiger partial charge in [0.25, 0.3) is 0 Å². The molecular weight excluding hydrogens is 227 g/mol. The predicted octanol–water partition coefficient (Wildman–Crippen LogP) is 3.49. The third kappa shape index (κ3) is 2.70. The number of nitrogens with zero attached hydrogens (tertiary/aromatic N) is 1. The third-order valence-corrected chi connectivity index (χ3v) is 2.37. The van der Waals surface area contributed by atoms with E-state index in [2.05, 4.69) is 10.3 Å². The molecule has 2 nitrogen and oxygen atoms in total. The van der Waals surface area contributed by atoms with Crippen molar-refractivity contribution in [3.05, 3.63) is 59.0 Å². The smallest absolute Gasteiger partial charge is 0.128 e. The molecule has 2 rings (SSSR count). The van der Waals surface area contributed by atoms with Gasteiger partial charge in [0.2, 0.25) is 0 Å². The van der Waals surface area contributed by atoms with Gasteiger partial charge in [0.1, 0.15) is 11.6 Å². The van der Waals surface area contributed by atoms with Crippen molar-refractivity contribution in [2.24, 2.45) is 0 Å². The fourth-order valence-electron chi connectivity index (χ4n) is 1.31. The Morgan fingerprint density at radius 3 is 2.69 bits per heavy atom. The van der Waals surface area contributed by atoms with Crippen molar-refractivity contribution in [1.82, 2.24) is 4.98 Å². The van der Waals surface area contributed by atoms with E-state index >= 15 is 0 Å². The van der Waals surface area contributed by atoms with E-state index in [1.165, 1.54) is 6.07 Å². The Kier molecular flexibility index (Phi) is 3.37. The van der Waals surface area contributed by atoms with Gasteiger partial charge in [-0.25, -0.2) is 9.37 Å². The van der Waals surface area contributed by atoms with Gasteiger partial charge in [-0.15, -0.1) is 0 Å². The lowest BCUT2D eigenvalue weighted by molar-refractivity contribution is 0.613. The Balaban J connectivity index is 2.02. The van der Waals surface area contributed by atoms with E-state index in [0.717, 1.165) is 0 Å². The van der Waals surface area contributed by atoms with Gasteiger partial charge < -0.3 is 5.32 Å². The Labute approximate surface area is 98.1 Å². The first-order valence-electron chi connectivity index (χ1n) is 4.84. The molecule has 1 aromatic carbocycles. The van der Waals surface area contributed by atoms with E-state index in [4.69, 9.17) is 11.6 Å². The monoisotopic (exact) mass is 236 g/mol. The molecule has 0 unspecified atom stereocenters. The number of hydrogen-bond donors (Lipinski definition) is 1. The molecule has 1 aromatic heterocycles. The first-order valence-corrected chi connectivity index (χ1v) is 5.22. The molecule has 82 valence electrons. The van der Waals surface area contributed by atoms with Gasteiger partial charge in [-0.1, -0.05) is 29.8 Å². The highest BCUT2D eigenvalue weighted by Crippen LogP contribution is 2.12. The van der Waals surface area contributed by atoms with Crippen molar-refractivity contribution in [1.29, 1.82) is 0 Å². The number of aromatic nitrogens is 1. The minimum Gasteiger partial charge on any atom is -0.366 e. The summed E-state index contributed by atoms with van der Waals surface area (Å²) in [4.78, 5) is 4.06. The third-order valence-electron chi connectivity index (χ3n) is 2.15. The second kappa shape index (κ2) is 4.94. The fourth-order valence-corrected chi connectivity index (χ4v) is 1.42. The van der Waals surface area contributed by atoms with Crippen LogP contribution in [0.25, 0.3) is 0 Å². The summed E-state index contributed by atoms with van der Waals surface area (Å²) in [7, 11) is 0. The molecule has 1 N–H and O–H groups in total. The first kappa shape index (κ1) is 10.9. The molecule has 2 aromatic rings. The maximum Gasteiger partial charge on any atom is 0.128 e. The molecule has 16 heavy (non-hydrogen) atoms. The summed E-state index contributed by atoms with van der Waals surface area (Å²) in [5.74, 6) is 0.455. The van der Waals surface area contributed by atoms with E-state index in [1.807, 2.05) is 0 Å². The number of halogens is 2. The van der Waals surface area contributed by atoms with Gasteiger partial charge in [-0.05, 0) is 18.2 Å². The van der Waals surface area contributed by atoms with Gasteiger partial charge in [0, 0.05) is 18.3 Å². The highest BCUT2D eigenvalue weighted by Gasteiger charge is 2.00. The van der Waals surface area contributed by atoms with Crippen LogP contribution in [0.3, 0.4) is 0 Å². The highest BCUT2D eigenvalue weighted by molar-refractivity contribution is 6.30. The number of nitrogens with one attached hydrogen (secondary N) is 1. The van der Waals surface area contributed by atoms with E-state index < -0.39 is 0 Å². The van der Waals surface area contributed by atoms with Crippen molar-refractivity contribution >= 4 is 17.4 Å². The van der Waals surface area contributed by atoms with Crippen LogP contribution in [0, 0.1) is 5.82 Å². The van der Waals surface area contributed by atoms with Crippen LogP contribution in [0.1, 0.15) is 5.56 Å². The molecule has 0 saturated carbocycles. The summed E-state index contributed by atoms with van der Waals surface area (Å²) < 4.78 is 13.3. The topological polar surface area (TPSA) is 24.9 Å². The lowest BCUT2D eigenvalue weighted by Crippen LogP contribution is -2.02. The molecule has 0 bridgehead atoms. The van der Waals surface area contributed by atoms with Crippen molar-refractivity contribution in [3.63, 3.8) is 0 Å². The van der Waals surface area contributed by atoms with Gasteiger partial charge in [0.15, 0.2) is 0 Å². The number of benzene rings is 1. The molecule has 0 radical (unpaired) electrons. The zero-order valence-corrected chi connectivity index (χ0v) is 9.21. The summed E-state index contributed by atoms with van der Waals surface area (Å²) in [5, 5.41) is 3.60. The molecule has 0 amide bonds. The fraction of sp³-hybridized carbons (Fsp3) is 0.0833. The van der Waals surface area contributed by atoms with Crippen LogP contribution in [0.5, 0.6) is 0 Å². The van der Waals surface area contributed by atoms with Crippen LogP contribution < -0.4 is 5.32 Å². The Hall–Kier alpha value is -1.61. The number of hydrogen-bond acceptors (Lipinski definition) is 2. The number of rotatable bonds is 3. The summed E-state index contributed by atoms with van der Waals surface area (Å²) in [6.07, 6.45) is 1.55. The largest absolute Gasteiger partial charge is 0.366 e. The summed E-state index contributed by atoms with van der Waals surface area (Å²) >= 11 is 5.70. The minimum absolute atomic E-state index is 0.219. The van der Waals surface area contributed by atoms with Gasteiger partial charge in [-0.2, -0.15) is 0 Å². The van der Waals surface area contributed by atoms with Crippen molar-refractivity contribution in [2.75, 3.05) is 5.32 Å². The molecule has 0 aliphatic carbocycles. The zero-order valence-electron chi connectivity index (χ0n) is 8.45. The molecule has 4 heteroatoms. The molecule has 0 aliphatic heterocycles. The quantitative estimate of drug-likeness (QED) is 0.883. The number of anilines is 1. The molecular formula is C12H10ClFN2. The molecule has 1 heterocycles. The van der Waals surface area contributed by atoms with Gasteiger partial charge in [0.05, 0.1) is 5.02 Å². The molecule has 0 atom stereocenters. The number of pyridine rings is 1. The molecule has 0 saturated heterocycles. The van der Waals surface area contributed by atoms with E-state index in [-0.39, 0.29) is 5.82 Å². The summed E-state index contributed by atoms with van der Waals surface area (Å²) in [6, 6.07) is 10.1. The lowest BCUT2D eigenvalue weighted by atomic mass is 10.2. The Morgan fingerprint density at radius 2 is 2.00 bits per heavy atom. The minimum atomic E-state index is -0.219. The Bertz CT molecular complexity index is 471. The van der Waals surface area contributed by atoms with E-state index in [9.17, 15) is 4.39 Å². The Morgan fingerprint density at radius 1 is 1.19 bits per heavy atom. The predicted molar refractivity (Wildman–Crippen MR) is 63.0 cm³/mol. The van der Waals surface area contributed by atoms with Crippen LogP contribution in [-0.2, 0) is 6.54 Å². The van der Waals surface area contributed by atoms with Crippen LogP contribution in [0.4, 0.5) is 10.2 Å². The van der Waals surface area contributed by atoms with Crippen molar-refractivity contribution < 1.29 is 4.39 Å². The maximum atomic E-state index is 13.3. The van der Waals surface area contributed by atoms with Gasteiger partial charge >= 0.3 is 0 Å². The first-order chi connectivity index (χ1) is 7.75. The molecule has 0 fully saturated rings. The van der Waals surface area contributed by atoms with E-state index in [1.54, 1.807) is 36.5 Å². The van der Waals surface area contributed by atoms with Gasteiger partial charge in [-0.3, -0.25) is 0 Å². The summed E-state index contributed by atoms with van der Waals surface area (Å²) in [6.45, 7) is 0.404. The SMILES string of the molecule is Fc1ccccc1CNc1ccc(Cl)cn1. The average Bonchev–Trinajstić information content (AvgIpc) is 2.30. The van der Waals surface area contributed by atoms with Crippen LogP contribution in [-0.4, -0.2) is 4.98 Å². The normalized spacial score (nSPS) is 10.1. The average molecular weight is 237 g/mol. The van der Waals surface area contributed by atoms with E-state index in [0.29, 0.717) is 22.9 Å². The second-order valence-electron chi connectivity index (χ2n) is 3.31. The van der Waals surface area contributed by atoms with Crippen molar-refractivity contribution in [3.8, 4) is 0 Å². The lowest BCUT2D eigenvalue weighted by Gasteiger charge is -2.06. The summed E-state index contributed by atoms with van der Waals surface area (Å²) in [5.41, 5.74) is 0.610. The maximum absolute atomic E-state index is 13.3. The van der Waals surface area contributed by atoms with Crippen LogP contribution in [0.2, 0.25) is 5.02 Å². The van der Waals surface area contributed by atoms with Crippen molar-refractivity contribution in [2.45, 2.75) is 6.54 Å². The standard InChI is InChI=1S/C12H10ClFN2/c13-10-5-6-12(16-8-10)15-7-9-3-1-2-4-11(9)14/h1-6,8H,7H2,(H,15,16). The molecule has 0 spiro atoms. The zero-order chi connectivity index (χ0) is 11.4. The highest BCUT2D eigenvalue weighted by atomic mass is 35.5. The molecule has 0 aliphatic rings. The van der Waals surface area contributed by atoms with Crippen LogP contribution >= 0.6 is 11.6 Å².